The topological polar surface area (TPSA) is 68.0 Å². The van der Waals surface area contributed by atoms with Crippen molar-refractivity contribution in [2.75, 3.05) is 11.1 Å². The van der Waals surface area contributed by atoms with Gasteiger partial charge in [0, 0.05) is 5.69 Å². The molecule has 0 unspecified atom stereocenters. The molecule has 0 fully saturated rings. The number of hydrogen-bond acceptors (Lipinski definition) is 5. The summed E-state index contributed by atoms with van der Waals surface area (Å²) in [5.41, 5.74) is 1.06. The van der Waals surface area contributed by atoms with Crippen LogP contribution >= 0.6 is 11.8 Å². The minimum atomic E-state index is -0.471. The van der Waals surface area contributed by atoms with E-state index in [0.29, 0.717) is 11.3 Å². The number of rotatable bonds is 5. The van der Waals surface area contributed by atoms with Gasteiger partial charge in [-0.25, -0.2) is 8.78 Å². The smallest absolute Gasteiger partial charge is 0.277 e. The Balaban J connectivity index is 1.59. The summed E-state index contributed by atoms with van der Waals surface area (Å²) in [7, 11) is 0. The number of carbonyl (C=O) groups is 1. The van der Waals surface area contributed by atoms with Gasteiger partial charge in [0.25, 0.3) is 11.1 Å². The van der Waals surface area contributed by atoms with Crippen molar-refractivity contribution in [3.05, 3.63) is 59.7 Å². The van der Waals surface area contributed by atoms with E-state index in [1.165, 1.54) is 18.2 Å². The van der Waals surface area contributed by atoms with Crippen LogP contribution in [0.1, 0.15) is 5.56 Å². The van der Waals surface area contributed by atoms with Gasteiger partial charge in [-0.05, 0) is 36.8 Å². The van der Waals surface area contributed by atoms with Gasteiger partial charge >= 0.3 is 0 Å². The molecule has 1 N–H and O–H groups in total. The standard InChI is InChI=1S/C17H13F2N3O2S/c1-10-6-7-11(8-14(10)19)20-15(23)9-25-17-22-21-16(24-17)12-4-2-3-5-13(12)18/h2-8H,9H2,1H3,(H,20,23). The van der Waals surface area contributed by atoms with Gasteiger partial charge in [-0.2, -0.15) is 0 Å². The molecule has 0 aliphatic heterocycles. The van der Waals surface area contributed by atoms with Crippen LogP contribution in [0.25, 0.3) is 11.5 Å². The van der Waals surface area contributed by atoms with Crippen LogP contribution in [-0.2, 0) is 4.79 Å². The van der Waals surface area contributed by atoms with Gasteiger partial charge in [-0.1, -0.05) is 30.0 Å². The molecule has 1 heterocycles. The van der Waals surface area contributed by atoms with E-state index in [9.17, 15) is 13.6 Å². The van der Waals surface area contributed by atoms with E-state index in [-0.39, 0.29) is 28.3 Å². The number of benzene rings is 2. The lowest BCUT2D eigenvalue weighted by Gasteiger charge is -2.05. The molecular weight excluding hydrogens is 348 g/mol. The predicted molar refractivity (Wildman–Crippen MR) is 90.2 cm³/mol. The van der Waals surface area contributed by atoms with Gasteiger partial charge in [0.05, 0.1) is 11.3 Å². The second kappa shape index (κ2) is 7.43. The van der Waals surface area contributed by atoms with Crippen molar-refractivity contribution in [3.63, 3.8) is 0 Å². The molecule has 3 rings (SSSR count). The van der Waals surface area contributed by atoms with E-state index in [0.717, 1.165) is 11.8 Å². The number of nitrogens with one attached hydrogen (secondary N) is 1. The Morgan fingerprint density at radius 2 is 1.96 bits per heavy atom. The molecule has 0 saturated carbocycles. The third kappa shape index (κ3) is 4.21. The zero-order chi connectivity index (χ0) is 17.8. The van der Waals surface area contributed by atoms with Crippen LogP contribution in [0.2, 0.25) is 0 Å². The van der Waals surface area contributed by atoms with Crippen molar-refractivity contribution in [1.29, 1.82) is 0 Å². The zero-order valence-corrected chi connectivity index (χ0v) is 13.9. The Morgan fingerprint density at radius 1 is 1.16 bits per heavy atom. The molecule has 8 heteroatoms. The summed E-state index contributed by atoms with van der Waals surface area (Å²) in [4.78, 5) is 11.9. The minimum absolute atomic E-state index is 0.00555. The highest BCUT2D eigenvalue weighted by Crippen LogP contribution is 2.25. The van der Waals surface area contributed by atoms with Gasteiger partial charge in [0.15, 0.2) is 0 Å². The molecule has 0 bridgehead atoms. The second-order valence-electron chi connectivity index (χ2n) is 5.15. The van der Waals surface area contributed by atoms with E-state index in [1.807, 2.05) is 0 Å². The maximum Gasteiger partial charge on any atom is 0.277 e. The van der Waals surface area contributed by atoms with Crippen molar-refractivity contribution in [3.8, 4) is 11.5 Å². The Kier molecular flexibility index (Phi) is 5.08. The maximum absolute atomic E-state index is 13.7. The van der Waals surface area contributed by atoms with Gasteiger partial charge in [-0.15, -0.1) is 10.2 Å². The molecule has 25 heavy (non-hydrogen) atoms. The third-order valence-electron chi connectivity index (χ3n) is 3.29. The summed E-state index contributed by atoms with van der Waals surface area (Å²) in [6.07, 6.45) is 0. The van der Waals surface area contributed by atoms with Crippen molar-refractivity contribution >= 4 is 23.4 Å². The van der Waals surface area contributed by atoms with Crippen LogP contribution in [0.5, 0.6) is 0 Å². The number of anilines is 1. The van der Waals surface area contributed by atoms with Crippen molar-refractivity contribution < 1.29 is 18.0 Å². The summed E-state index contributed by atoms with van der Waals surface area (Å²) in [5, 5.41) is 10.3. The molecule has 1 amide bonds. The highest BCUT2D eigenvalue weighted by atomic mass is 32.2. The van der Waals surface area contributed by atoms with E-state index in [2.05, 4.69) is 15.5 Å². The largest absolute Gasteiger partial charge is 0.411 e. The van der Waals surface area contributed by atoms with Crippen molar-refractivity contribution in [1.82, 2.24) is 10.2 Å². The summed E-state index contributed by atoms with van der Waals surface area (Å²) in [5.74, 6) is -1.17. The van der Waals surface area contributed by atoms with Crippen LogP contribution in [-0.4, -0.2) is 21.9 Å². The van der Waals surface area contributed by atoms with E-state index >= 15 is 0 Å². The van der Waals surface area contributed by atoms with Crippen LogP contribution in [0.4, 0.5) is 14.5 Å². The number of carbonyl (C=O) groups excluding carboxylic acids is 1. The van der Waals surface area contributed by atoms with Crippen molar-refractivity contribution in [2.24, 2.45) is 0 Å². The lowest BCUT2D eigenvalue weighted by Crippen LogP contribution is -2.14. The van der Waals surface area contributed by atoms with Crippen LogP contribution in [0, 0.1) is 18.6 Å². The lowest BCUT2D eigenvalue weighted by atomic mass is 10.2. The normalized spacial score (nSPS) is 10.7. The monoisotopic (exact) mass is 361 g/mol. The highest BCUT2D eigenvalue weighted by molar-refractivity contribution is 7.99. The number of thioether (sulfide) groups is 1. The predicted octanol–water partition coefficient (Wildman–Crippen LogP) is 4.05. The maximum atomic E-state index is 13.7. The number of aromatic nitrogens is 2. The van der Waals surface area contributed by atoms with Gasteiger partial charge in [0.1, 0.15) is 11.6 Å². The first kappa shape index (κ1) is 17.1. The molecule has 5 nitrogen and oxygen atoms in total. The Hall–Kier alpha value is -2.74. The third-order valence-corrected chi connectivity index (χ3v) is 4.11. The average Bonchev–Trinajstić information content (AvgIpc) is 3.05. The summed E-state index contributed by atoms with van der Waals surface area (Å²) >= 11 is 1.01. The second-order valence-corrected chi connectivity index (χ2v) is 6.08. The zero-order valence-electron chi connectivity index (χ0n) is 13.1. The van der Waals surface area contributed by atoms with Crippen LogP contribution in [0.3, 0.4) is 0 Å². The quantitative estimate of drug-likeness (QED) is 0.694. The molecule has 3 aromatic rings. The molecule has 0 spiro atoms. The fourth-order valence-corrected chi connectivity index (χ4v) is 2.57. The summed E-state index contributed by atoms with van der Waals surface area (Å²) in [6, 6.07) is 10.5. The molecule has 1 aromatic heterocycles. The SMILES string of the molecule is Cc1ccc(NC(=O)CSc2nnc(-c3ccccc3F)o2)cc1F. The molecule has 2 aromatic carbocycles. The summed E-state index contributed by atoms with van der Waals surface area (Å²) < 4.78 is 32.5. The molecule has 0 radical (unpaired) electrons. The van der Waals surface area contributed by atoms with E-state index in [1.54, 1.807) is 31.2 Å². The number of hydrogen-bond donors (Lipinski definition) is 1. The van der Waals surface area contributed by atoms with Crippen LogP contribution in [0.15, 0.2) is 52.1 Å². The first-order valence-electron chi connectivity index (χ1n) is 7.30. The average molecular weight is 361 g/mol. The highest BCUT2D eigenvalue weighted by Gasteiger charge is 2.14. The Morgan fingerprint density at radius 3 is 2.72 bits per heavy atom. The number of nitrogens with zero attached hydrogens (tertiary/aromatic N) is 2. The Labute approximate surface area is 146 Å². The Bertz CT molecular complexity index is 914. The van der Waals surface area contributed by atoms with Gasteiger partial charge < -0.3 is 9.73 Å². The molecule has 0 aliphatic carbocycles. The fourth-order valence-electron chi connectivity index (χ4n) is 2.01. The first-order valence-corrected chi connectivity index (χ1v) is 8.28. The van der Waals surface area contributed by atoms with E-state index < -0.39 is 11.6 Å². The molecule has 0 atom stereocenters. The van der Waals surface area contributed by atoms with Crippen LogP contribution < -0.4 is 5.32 Å². The minimum Gasteiger partial charge on any atom is -0.411 e. The number of amides is 1. The fraction of sp³-hybridized carbons (Fsp3) is 0.118. The number of aryl methyl sites for hydroxylation is 1. The number of halogens is 2. The van der Waals surface area contributed by atoms with Crippen molar-refractivity contribution in [2.45, 2.75) is 12.1 Å². The van der Waals surface area contributed by atoms with Gasteiger partial charge in [0.2, 0.25) is 5.91 Å². The first-order chi connectivity index (χ1) is 12.0. The lowest BCUT2D eigenvalue weighted by molar-refractivity contribution is -0.113. The molecule has 0 aliphatic rings. The van der Waals surface area contributed by atoms with E-state index in [4.69, 9.17) is 4.42 Å². The molecule has 128 valence electrons. The summed E-state index contributed by atoms with van der Waals surface area (Å²) in [6.45, 7) is 1.64. The van der Waals surface area contributed by atoms with Gasteiger partial charge in [-0.3, -0.25) is 4.79 Å². The molecule has 0 saturated heterocycles. The molecular formula is C17H13F2N3O2S.